The van der Waals surface area contributed by atoms with Gasteiger partial charge in [0.1, 0.15) is 6.61 Å². The number of carbonyl (C=O) groups is 2. The Morgan fingerprint density at radius 3 is 2.00 bits per heavy atom. The van der Waals surface area contributed by atoms with Crippen molar-refractivity contribution in [2.45, 2.75) is 5.92 Å². The molecule has 21 heavy (non-hydrogen) atoms. The molecular weight excluding hydrogens is 272 g/mol. The van der Waals surface area contributed by atoms with Gasteiger partial charge in [0.15, 0.2) is 0 Å². The standard InChI is InChI=1S/C16H12O5/c17-15(18)21-16(19)20-9-14-12-7-3-1-5-10(12)11-6-2-4-8-13(11)14/h1-8,14H,9H2,(H,17,18). The Balaban J connectivity index is 1.85. The number of carboxylic acid groups (broad SMARTS) is 1. The molecule has 0 bridgehead atoms. The van der Waals surface area contributed by atoms with Crippen LogP contribution in [-0.4, -0.2) is 24.0 Å². The molecule has 2 aromatic carbocycles. The van der Waals surface area contributed by atoms with Crippen molar-refractivity contribution >= 4 is 12.3 Å². The first-order valence-electron chi connectivity index (χ1n) is 6.42. The Hall–Kier alpha value is -2.82. The van der Waals surface area contributed by atoms with Gasteiger partial charge in [-0.05, 0) is 22.3 Å². The van der Waals surface area contributed by atoms with Crippen molar-refractivity contribution in [1.82, 2.24) is 0 Å². The van der Waals surface area contributed by atoms with Crippen LogP contribution in [0.1, 0.15) is 17.0 Å². The third-order valence-corrected chi connectivity index (χ3v) is 3.50. The first kappa shape index (κ1) is 13.2. The molecule has 0 radical (unpaired) electrons. The van der Waals surface area contributed by atoms with Crippen molar-refractivity contribution in [2.24, 2.45) is 0 Å². The van der Waals surface area contributed by atoms with Crippen molar-refractivity contribution in [3.05, 3.63) is 59.7 Å². The van der Waals surface area contributed by atoms with Crippen molar-refractivity contribution in [3.63, 3.8) is 0 Å². The van der Waals surface area contributed by atoms with E-state index in [-0.39, 0.29) is 12.5 Å². The fraction of sp³-hybridized carbons (Fsp3) is 0.125. The van der Waals surface area contributed by atoms with Crippen LogP contribution < -0.4 is 0 Å². The summed E-state index contributed by atoms with van der Waals surface area (Å²) >= 11 is 0. The molecule has 0 aromatic heterocycles. The molecule has 1 aliphatic rings. The van der Waals surface area contributed by atoms with E-state index in [4.69, 9.17) is 9.84 Å². The van der Waals surface area contributed by atoms with Crippen LogP contribution in [0.2, 0.25) is 0 Å². The van der Waals surface area contributed by atoms with Crippen molar-refractivity contribution < 1.29 is 24.2 Å². The summed E-state index contributed by atoms with van der Waals surface area (Å²) in [4.78, 5) is 21.5. The van der Waals surface area contributed by atoms with E-state index in [0.717, 1.165) is 22.3 Å². The molecule has 0 amide bonds. The number of carbonyl (C=O) groups excluding carboxylic acids is 1. The van der Waals surface area contributed by atoms with Gasteiger partial charge in [-0.25, -0.2) is 9.59 Å². The van der Waals surface area contributed by atoms with E-state index in [9.17, 15) is 9.59 Å². The maximum absolute atomic E-state index is 11.2. The van der Waals surface area contributed by atoms with Gasteiger partial charge >= 0.3 is 12.3 Å². The Morgan fingerprint density at radius 1 is 0.952 bits per heavy atom. The molecule has 3 rings (SSSR count). The zero-order chi connectivity index (χ0) is 14.8. The highest BCUT2D eigenvalue weighted by atomic mass is 16.8. The molecule has 0 saturated carbocycles. The molecule has 0 heterocycles. The summed E-state index contributed by atoms with van der Waals surface area (Å²) < 4.78 is 8.85. The number of benzene rings is 2. The van der Waals surface area contributed by atoms with Gasteiger partial charge in [0.2, 0.25) is 0 Å². The van der Waals surface area contributed by atoms with Crippen LogP contribution in [0.25, 0.3) is 11.1 Å². The molecule has 1 N–H and O–H groups in total. The molecule has 1 aliphatic carbocycles. The van der Waals surface area contributed by atoms with Crippen LogP contribution in [0.5, 0.6) is 0 Å². The highest BCUT2D eigenvalue weighted by Gasteiger charge is 2.29. The maximum atomic E-state index is 11.2. The molecule has 106 valence electrons. The fourth-order valence-corrected chi connectivity index (χ4v) is 2.69. The highest BCUT2D eigenvalue weighted by Crippen LogP contribution is 2.44. The average molecular weight is 284 g/mol. The van der Waals surface area contributed by atoms with Crippen molar-refractivity contribution in [1.29, 1.82) is 0 Å². The number of ether oxygens (including phenoxy) is 2. The van der Waals surface area contributed by atoms with Gasteiger partial charge in [-0.15, -0.1) is 0 Å². The van der Waals surface area contributed by atoms with Crippen LogP contribution in [0.15, 0.2) is 48.5 Å². The predicted molar refractivity (Wildman–Crippen MR) is 74.2 cm³/mol. The van der Waals surface area contributed by atoms with Crippen LogP contribution in [0.4, 0.5) is 9.59 Å². The Bertz CT molecular complexity index is 662. The van der Waals surface area contributed by atoms with Gasteiger partial charge in [-0.1, -0.05) is 48.5 Å². The van der Waals surface area contributed by atoms with Crippen LogP contribution in [-0.2, 0) is 9.47 Å². The van der Waals surface area contributed by atoms with Crippen LogP contribution in [0, 0.1) is 0 Å². The predicted octanol–water partition coefficient (Wildman–Crippen LogP) is 3.63. The molecule has 0 aliphatic heterocycles. The van der Waals surface area contributed by atoms with E-state index < -0.39 is 12.3 Å². The zero-order valence-corrected chi connectivity index (χ0v) is 11.0. The number of fused-ring (bicyclic) bond motifs is 3. The summed E-state index contributed by atoms with van der Waals surface area (Å²) in [5.41, 5.74) is 4.32. The molecule has 2 aromatic rings. The Labute approximate surface area is 120 Å². The molecule has 0 spiro atoms. The minimum absolute atomic E-state index is 0.0418. The molecular formula is C16H12O5. The van der Waals surface area contributed by atoms with Crippen LogP contribution >= 0.6 is 0 Å². The van der Waals surface area contributed by atoms with Gasteiger partial charge in [0, 0.05) is 5.92 Å². The van der Waals surface area contributed by atoms with Gasteiger partial charge < -0.3 is 14.6 Å². The Morgan fingerprint density at radius 2 is 1.48 bits per heavy atom. The molecule has 5 nitrogen and oxygen atoms in total. The summed E-state index contributed by atoms with van der Waals surface area (Å²) in [6.45, 7) is 0.0418. The maximum Gasteiger partial charge on any atom is 0.518 e. The number of hydrogen-bond acceptors (Lipinski definition) is 4. The SMILES string of the molecule is O=C(O)OC(=O)OCC1c2ccccc2-c2ccccc21. The van der Waals surface area contributed by atoms with E-state index in [1.807, 2.05) is 48.5 Å². The summed E-state index contributed by atoms with van der Waals surface area (Å²) in [6.07, 6.45) is -2.88. The average Bonchev–Trinajstić information content (AvgIpc) is 2.79. The van der Waals surface area contributed by atoms with Gasteiger partial charge in [0.25, 0.3) is 0 Å². The first-order chi connectivity index (χ1) is 10.2. The van der Waals surface area contributed by atoms with E-state index in [2.05, 4.69) is 4.74 Å². The summed E-state index contributed by atoms with van der Waals surface area (Å²) in [6, 6.07) is 15.8. The van der Waals surface area contributed by atoms with E-state index in [1.54, 1.807) is 0 Å². The van der Waals surface area contributed by atoms with Crippen molar-refractivity contribution in [3.8, 4) is 11.1 Å². The lowest BCUT2D eigenvalue weighted by Crippen LogP contribution is -2.16. The smallest absolute Gasteiger partial charge is 0.449 e. The first-order valence-corrected chi connectivity index (χ1v) is 6.42. The van der Waals surface area contributed by atoms with Crippen molar-refractivity contribution in [2.75, 3.05) is 6.61 Å². The third kappa shape index (κ3) is 2.45. The second-order valence-electron chi connectivity index (χ2n) is 4.66. The van der Waals surface area contributed by atoms with E-state index >= 15 is 0 Å². The van der Waals surface area contributed by atoms with E-state index in [0.29, 0.717) is 0 Å². The van der Waals surface area contributed by atoms with Gasteiger partial charge in [-0.2, -0.15) is 0 Å². The summed E-state index contributed by atoms with van der Waals surface area (Å²) in [7, 11) is 0. The summed E-state index contributed by atoms with van der Waals surface area (Å²) in [5, 5.41) is 8.37. The lowest BCUT2D eigenvalue weighted by molar-refractivity contribution is 0.0532. The lowest BCUT2D eigenvalue weighted by atomic mass is 9.98. The quantitative estimate of drug-likeness (QED) is 0.673. The molecule has 0 fully saturated rings. The lowest BCUT2D eigenvalue weighted by Gasteiger charge is -2.13. The second kappa shape index (κ2) is 5.28. The van der Waals surface area contributed by atoms with E-state index in [1.165, 1.54) is 0 Å². The second-order valence-corrected chi connectivity index (χ2v) is 4.66. The minimum Gasteiger partial charge on any atom is -0.449 e. The van der Waals surface area contributed by atoms with Crippen LogP contribution in [0.3, 0.4) is 0 Å². The third-order valence-electron chi connectivity index (χ3n) is 3.50. The molecule has 0 unspecified atom stereocenters. The summed E-state index contributed by atoms with van der Waals surface area (Å²) in [5.74, 6) is -0.112. The van der Waals surface area contributed by atoms with Gasteiger partial charge in [0.05, 0.1) is 0 Å². The fourth-order valence-electron chi connectivity index (χ4n) is 2.69. The number of rotatable bonds is 2. The zero-order valence-electron chi connectivity index (χ0n) is 11.0. The molecule has 5 heteroatoms. The molecule has 0 saturated heterocycles. The normalized spacial score (nSPS) is 12.4. The Kier molecular flexibility index (Phi) is 3.31. The number of hydrogen-bond donors (Lipinski definition) is 1. The monoisotopic (exact) mass is 284 g/mol. The van der Waals surface area contributed by atoms with Gasteiger partial charge in [-0.3, -0.25) is 0 Å². The topological polar surface area (TPSA) is 72.8 Å². The highest BCUT2D eigenvalue weighted by molar-refractivity contribution is 5.79. The molecule has 0 atom stereocenters. The largest absolute Gasteiger partial charge is 0.518 e. The minimum atomic E-state index is -1.67.